The Kier molecular flexibility index (Phi) is 58.5. The van der Waals surface area contributed by atoms with Gasteiger partial charge in [0.1, 0.15) is 0 Å². The molecule has 0 spiro atoms. The second kappa shape index (κ2) is 29.4. The molecule has 0 saturated carbocycles. The van der Waals surface area contributed by atoms with E-state index < -0.39 is 6.16 Å². The van der Waals surface area contributed by atoms with Gasteiger partial charge in [-0.05, 0) is 12.6 Å². The number of carbonyl (C=O) groups excluding carboxylic acids is 1. The zero-order valence-corrected chi connectivity index (χ0v) is 13.6. The first-order valence-electron chi connectivity index (χ1n) is 3.71. The average Bonchev–Trinajstić information content (AvgIpc) is 1.97. The molecule has 15 heavy (non-hydrogen) atoms. The van der Waals surface area contributed by atoms with Crippen molar-refractivity contribution in [2.24, 2.45) is 0 Å². The van der Waals surface area contributed by atoms with Crippen LogP contribution in [0.25, 0.3) is 0 Å². The normalized spacial score (nSPS) is 6.80. The number of carboxylic acid groups (broad SMARTS) is 2. The van der Waals surface area contributed by atoms with Crippen molar-refractivity contribution in [2.75, 3.05) is 19.8 Å². The van der Waals surface area contributed by atoms with E-state index in [0.29, 0.717) is 6.61 Å². The van der Waals surface area contributed by atoms with Crippen LogP contribution in [0.15, 0.2) is 0 Å². The molecule has 0 aliphatic rings. The molecule has 0 rings (SSSR count). The molecule has 6 nitrogen and oxygen atoms in total. The number of aliphatic hydroxyl groups excluding tert-OH is 1. The van der Waals surface area contributed by atoms with E-state index in [1.165, 1.54) is 0 Å². The van der Waals surface area contributed by atoms with Crippen LogP contribution in [0.4, 0.5) is 4.79 Å². The van der Waals surface area contributed by atoms with Crippen molar-refractivity contribution in [3.8, 4) is 0 Å². The summed E-state index contributed by atoms with van der Waals surface area (Å²) < 4.78 is 4.97. The van der Waals surface area contributed by atoms with Crippen LogP contribution in [0, 0.1) is 0 Å². The third-order valence-electron chi connectivity index (χ3n) is 0.878. The van der Waals surface area contributed by atoms with Gasteiger partial charge in [0.05, 0.1) is 13.2 Å². The Morgan fingerprint density at radius 3 is 1.93 bits per heavy atom. The van der Waals surface area contributed by atoms with Gasteiger partial charge in [-0.25, -0.2) is 0 Å². The van der Waals surface area contributed by atoms with Gasteiger partial charge in [-0.3, -0.25) is 0 Å². The largest absolute Gasteiger partial charge is 1.00 e. The summed E-state index contributed by atoms with van der Waals surface area (Å²) in [6.07, 6.45) is -0.0779. The number of hydrogen-bond donors (Lipinski definition) is 1. The zero-order valence-electron chi connectivity index (χ0n) is 9.62. The fourth-order valence-corrected chi connectivity index (χ4v) is 0.413. The maximum absolute atomic E-state index is 8.33. The Hall–Kier alpha value is 1.15. The summed E-state index contributed by atoms with van der Waals surface area (Å²) in [4.78, 5) is 8.33. The molecule has 0 saturated heterocycles. The first kappa shape index (κ1) is 29.8. The minimum absolute atomic E-state index is 0. The van der Waals surface area contributed by atoms with E-state index in [9.17, 15) is 0 Å². The van der Waals surface area contributed by atoms with E-state index in [4.69, 9.17) is 24.9 Å². The van der Waals surface area contributed by atoms with Crippen molar-refractivity contribution < 1.29 is 89.4 Å². The Bertz CT molecular complexity index is 93.5. The van der Waals surface area contributed by atoms with Crippen molar-refractivity contribution in [1.82, 2.24) is 0 Å². The zero-order chi connectivity index (χ0) is 9.82. The molecule has 82 valence electrons. The monoisotopic (exact) mass is 242 g/mol. The average molecular weight is 242 g/mol. The molecular weight excluding hydrogens is 226 g/mol. The van der Waals surface area contributed by atoms with Gasteiger partial charge >= 0.3 is 59.1 Å². The Morgan fingerprint density at radius 1 is 1.27 bits per heavy atom. The maximum atomic E-state index is 8.33. The van der Waals surface area contributed by atoms with Gasteiger partial charge in [-0.1, -0.05) is 13.3 Å². The summed E-state index contributed by atoms with van der Waals surface area (Å²) in [7, 11) is 0. The smallest absolute Gasteiger partial charge is 0.652 e. The number of aliphatic hydroxyl groups is 1. The van der Waals surface area contributed by atoms with Gasteiger partial charge in [0.2, 0.25) is 0 Å². The van der Waals surface area contributed by atoms with Crippen LogP contribution in [0.3, 0.4) is 0 Å². The van der Waals surface area contributed by atoms with Crippen LogP contribution < -0.4 is 69.3 Å². The molecule has 8 heteroatoms. The van der Waals surface area contributed by atoms with E-state index in [0.717, 1.165) is 19.4 Å². The molecule has 0 amide bonds. The van der Waals surface area contributed by atoms with Gasteiger partial charge in [-0.2, -0.15) is 0 Å². The van der Waals surface area contributed by atoms with Crippen LogP contribution in [-0.4, -0.2) is 36.6 Å². The summed E-state index contributed by atoms with van der Waals surface area (Å²) in [5.74, 6) is 0. The van der Waals surface area contributed by atoms with Gasteiger partial charge in [0.25, 0.3) is 0 Å². The first-order valence-corrected chi connectivity index (χ1v) is 3.71. The predicted octanol–water partition coefficient (Wildman–Crippen LogP) is -8.47. The molecule has 0 aromatic heterocycles. The van der Waals surface area contributed by atoms with Crippen molar-refractivity contribution in [3.05, 3.63) is 0 Å². The molecule has 0 fully saturated rings. The van der Waals surface area contributed by atoms with Crippen LogP contribution in [0.1, 0.15) is 19.8 Å². The number of hydrogen-bond acceptors (Lipinski definition) is 5. The summed E-state index contributed by atoms with van der Waals surface area (Å²) in [6, 6.07) is 0. The van der Waals surface area contributed by atoms with Gasteiger partial charge < -0.3 is 30.3 Å². The Labute approximate surface area is 134 Å². The molecule has 0 aliphatic carbocycles. The van der Waals surface area contributed by atoms with Crippen molar-refractivity contribution in [1.29, 1.82) is 0 Å². The molecular formula is C7H16Na2O6. The minimum Gasteiger partial charge on any atom is -0.652 e. The van der Waals surface area contributed by atoms with Crippen LogP contribution >= 0.6 is 0 Å². The molecule has 0 unspecified atom stereocenters. The number of carbonyl (C=O) groups is 1. The maximum Gasteiger partial charge on any atom is 1.00 e. The van der Waals surface area contributed by atoms with E-state index in [-0.39, 0.29) is 71.2 Å². The van der Waals surface area contributed by atoms with Crippen molar-refractivity contribution >= 4 is 6.16 Å². The molecule has 3 N–H and O–H groups in total. The molecule has 0 bridgehead atoms. The first-order chi connectivity index (χ1) is 5.65. The molecule has 0 atom stereocenters. The number of unbranched alkanes of at least 4 members (excludes halogenated alkanes) is 1. The van der Waals surface area contributed by atoms with Gasteiger partial charge in [-0.15, -0.1) is 0 Å². The third kappa shape index (κ3) is 69.3. The third-order valence-corrected chi connectivity index (χ3v) is 0.878. The van der Waals surface area contributed by atoms with Crippen LogP contribution in [-0.2, 0) is 4.74 Å². The van der Waals surface area contributed by atoms with Crippen LogP contribution in [0.2, 0.25) is 0 Å². The van der Waals surface area contributed by atoms with Crippen molar-refractivity contribution in [3.63, 3.8) is 0 Å². The van der Waals surface area contributed by atoms with Crippen LogP contribution in [0.5, 0.6) is 0 Å². The number of ether oxygens (including phenoxy) is 1. The van der Waals surface area contributed by atoms with E-state index in [1.807, 2.05) is 0 Å². The fourth-order valence-electron chi connectivity index (χ4n) is 0.413. The molecule has 0 aromatic carbocycles. The quantitative estimate of drug-likeness (QED) is 0.378. The summed E-state index contributed by atoms with van der Waals surface area (Å²) in [5.41, 5.74) is 0. The molecule has 0 aromatic rings. The standard InChI is InChI=1S/C6H14O2.CH2O3.2Na.H2O/c1-2-3-5-8-6-4-7;2-1(3)4;;;/h7H,2-6H2,1H3;(H2,2,3,4);;;1H2/q;;2*+1;/p-2. The molecule has 0 radical (unpaired) electrons. The van der Waals surface area contributed by atoms with Gasteiger partial charge in [0, 0.05) is 6.61 Å². The Balaban J connectivity index is -0.0000000424. The Morgan fingerprint density at radius 2 is 1.67 bits per heavy atom. The van der Waals surface area contributed by atoms with Gasteiger partial charge in [0.15, 0.2) is 0 Å². The minimum atomic E-state index is -2.33. The molecule has 0 aliphatic heterocycles. The summed E-state index contributed by atoms with van der Waals surface area (Å²) >= 11 is 0. The topological polar surface area (TPSA) is 124 Å². The second-order valence-electron chi connectivity index (χ2n) is 1.94. The van der Waals surface area contributed by atoms with E-state index in [2.05, 4.69) is 6.92 Å². The predicted molar refractivity (Wildman–Crippen MR) is 41.8 cm³/mol. The summed E-state index contributed by atoms with van der Waals surface area (Å²) in [6.45, 7) is 3.53. The molecule has 0 heterocycles. The summed E-state index contributed by atoms with van der Waals surface area (Å²) in [5, 5.41) is 24.9. The van der Waals surface area contributed by atoms with E-state index >= 15 is 0 Å². The SMILES string of the molecule is CCCCOCCO.O.O=C([O-])[O-].[Na+].[Na+]. The second-order valence-corrected chi connectivity index (χ2v) is 1.94. The number of rotatable bonds is 5. The van der Waals surface area contributed by atoms with Crippen molar-refractivity contribution in [2.45, 2.75) is 19.8 Å². The fraction of sp³-hybridized carbons (Fsp3) is 0.857. The van der Waals surface area contributed by atoms with E-state index in [1.54, 1.807) is 0 Å².